The number of rotatable bonds is 1. The summed E-state index contributed by atoms with van der Waals surface area (Å²) in [7, 11) is 1.95. The van der Waals surface area contributed by atoms with Crippen molar-refractivity contribution in [3.8, 4) is 11.1 Å². The van der Waals surface area contributed by atoms with Crippen molar-refractivity contribution in [1.29, 1.82) is 0 Å². The molecular weight excluding hydrogens is 338 g/mol. The number of benzene rings is 1. The number of aromatic nitrogens is 4. The molecular formula is C21H19N5O. The van der Waals surface area contributed by atoms with Crippen LogP contribution in [0.1, 0.15) is 31.2 Å². The Kier molecular flexibility index (Phi) is 2.75. The average molecular weight is 357 g/mol. The van der Waals surface area contributed by atoms with Crippen LogP contribution in [-0.4, -0.2) is 25.7 Å². The Balaban J connectivity index is 1.65. The lowest BCUT2D eigenvalue weighted by Gasteiger charge is -2.21. The molecule has 0 saturated heterocycles. The number of carbonyl (C=O) groups is 1. The second-order valence-corrected chi connectivity index (χ2v) is 7.76. The van der Waals surface area contributed by atoms with Gasteiger partial charge in [-0.25, -0.2) is 4.98 Å². The molecule has 4 heterocycles. The Hall–Kier alpha value is -3.15. The third kappa shape index (κ3) is 1.82. The second kappa shape index (κ2) is 4.97. The zero-order valence-electron chi connectivity index (χ0n) is 15.0. The Morgan fingerprint density at radius 2 is 2.04 bits per heavy atom. The molecule has 6 heteroatoms. The Morgan fingerprint density at radius 3 is 2.89 bits per heavy atom. The predicted octanol–water partition coefficient (Wildman–Crippen LogP) is 3.88. The Bertz CT molecular complexity index is 1240. The van der Waals surface area contributed by atoms with Gasteiger partial charge < -0.3 is 10.3 Å². The van der Waals surface area contributed by atoms with E-state index in [1.54, 1.807) is 6.20 Å². The Morgan fingerprint density at radius 1 is 1.19 bits per heavy atom. The number of pyridine rings is 1. The highest BCUT2D eigenvalue weighted by molar-refractivity contribution is 6.13. The van der Waals surface area contributed by atoms with E-state index in [1.807, 2.05) is 24.1 Å². The number of carbonyl (C=O) groups excluding carboxylic acids is 1. The molecule has 2 N–H and O–H groups in total. The van der Waals surface area contributed by atoms with Crippen molar-refractivity contribution in [3.63, 3.8) is 0 Å². The molecule has 1 aliphatic heterocycles. The summed E-state index contributed by atoms with van der Waals surface area (Å²) >= 11 is 0. The van der Waals surface area contributed by atoms with Gasteiger partial charge in [0, 0.05) is 35.1 Å². The van der Waals surface area contributed by atoms with Crippen molar-refractivity contribution in [2.24, 2.45) is 7.05 Å². The smallest absolute Gasteiger partial charge is 0.235 e. The van der Waals surface area contributed by atoms with Gasteiger partial charge in [0.15, 0.2) is 0 Å². The topological polar surface area (TPSA) is 75.6 Å². The summed E-state index contributed by atoms with van der Waals surface area (Å²) in [5.41, 5.74) is 5.78. The van der Waals surface area contributed by atoms with Gasteiger partial charge in [-0.05, 0) is 30.5 Å². The van der Waals surface area contributed by atoms with Gasteiger partial charge in [0.1, 0.15) is 5.65 Å². The van der Waals surface area contributed by atoms with Gasteiger partial charge in [-0.1, -0.05) is 18.9 Å². The van der Waals surface area contributed by atoms with Crippen LogP contribution in [0.4, 0.5) is 5.69 Å². The maximum absolute atomic E-state index is 12.9. The lowest BCUT2D eigenvalue weighted by molar-refractivity contribution is -0.120. The number of anilines is 1. The maximum atomic E-state index is 12.9. The number of H-pyrrole nitrogens is 1. The van der Waals surface area contributed by atoms with Crippen LogP contribution >= 0.6 is 0 Å². The van der Waals surface area contributed by atoms with E-state index in [1.165, 1.54) is 0 Å². The van der Waals surface area contributed by atoms with Crippen LogP contribution < -0.4 is 5.32 Å². The van der Waals surface area contributed by atoms with E-state index in [2.05, 4.69) is 38.6 Å². The maximum Gasteiger partial charge on any atom is 0.235 e. The van der Waals surface area contributed by atoms with Crippen molar-refractivity contribution >= 4 is 33.5 Å². The molecule has 1 amide bonds. The quantitative estimate of drug-likeness (QED) is 0.543. The van der Waals surface area contributed by atoms with Crippen LogP contribution in [0.25, 0.3) is 33.1 Å². The van der Waals surface area contributed by atoms with E-state index >= 15 is 0 Å². The number of hydrogen-bond acceptors (Lipinski definition) is 3. The lowest BCUT2D eigenvalue weighted by Crippen LogP contribution is -2.31. The van der Waals surface area contributed by atoms with Gasteiger partial charge >= 0.3 is 0 Å². The van der Waals surface area contributed by atoms with E-state index in [-0.39, 0.29) is 5.91 Å². The van der Waals surface area contributed by atoms with Gasteiger partial charge in [-0.2, -0.15) is 5.10 Å². The van der Waals surface area contributed by atoms with Crippen LogP contribution in [0.3, 0.4) is 0 Å². The molecule has 134 valence electrons. The third-order valence-corrected chi connectivity index (χ3v) is 6.38. The normalized spacial score (nSPS) is 17.9. The molecule has 1 fully saturated rings. The molecule has 27 heavy (non-hydrogen) atoms. The summed E-state index contributed by atoms with van der Waals surface area (Å²) in [4.78, 5) is 20.8. The first-order valence-electron chi connectivity index (χ1n) is 9.41. The molecule has 0 bridgehead atoms. The molecule has 0 radical (unpaired) electrons. The molecule has 1 aromatic carbocycles. The van der Waals surface area contributed by atoms with Crippen LogP contribution in [-0.2, 0) is 17.3 Å². The lowest BCUT2D eigenvalue weighted by atomic mass is 9.78. The first kappa shape index (κ1) is 15.0. The summed E-state index contributed by atoms with van der Waals surface area (Å²) < 4.78 is 1.88. The molecule has 4 aromatic rings. The van der Waals surface area contributed by atoms with Crippen molar-refractivity contribution < 1.29 is 4.79 Å². The molecule has 6 nitrogen and oxygen atoms in total. The van der Waals surface area contributed by atoms with E-state index in [0.717, 1.165) is 70.0 Å². The second-order valence-electron chi connectivity index (χ2n) is 7.76. The highest BCUT2D eigenvalue weighted by Crippen LogP contribution is 2.52. The fraction of sp³-hybridized carbons (Fsp3) is 0.286. The minimum atomic E-state index is -0.397. The average Bonchev–Trinajstić information content (AvgIpc) is 3.43. The van der Waals surface area contributed by atoms with Crippen LogP contribution in [0, 0.1) is 0 Å². The summed E-state index contributed by atoms with van der Waals surface area (Å²) in [6, 6.07) is 6.38. The molecule has 0 atom stereocenters. The van der Waals surface area contributed by atoms with E-state index < -0.39 is 5.41 Å². The number of nitrogens with one attached hydrogen (secondary N) is 2. The number of amides is 1. The molecule has 1 aliphatic carbocycles. The van der Waals surface area contributed by atoms with Crippen molar-refractivity contribution in [2.75, 3.05) is 5.32 Å². The third-order valence-electron chi connectivity index (χ3n) is 6.38. The van der Waals surface area contributed by atoms with Crippen LogP contribution in [0.15, 0.2) is 36.8 Å². The van der Waals surface area contributed by atoms with Gasteiger partial charge in [0.2, 0.25) is 5.91 Å². The van der Waals surface area contributed by atoms with Crippen LogP contribution in [0.5, 0.6) is 0 Å². The van der Waals surface area contributed by atoms with E-state index in [4.69, 9.17) is 0 Å². The van der Waals surface area contributed by atoms with Gasteiger partial charge in [-0.15, -0.1) is 0 Å². The predicted molar refractivity (Wildman–Crippen MR) is 105 cm³/mol. The fourth-order valence-electron chi connectivity index (χ4n) is 5.06. The summed E-state index contributed by atoms with van der Waals surface area (Å²) in [5.74, 6) is 0.138. The van der Waals surface area contributed by atoms with E-state index in [0.29, 0.717) is 0 Å². The van der Waals surface area contributed by atoms with Crippen molar-refractivity contribution in [1.82, 2.24) is 19.7 Å². The number of fused-ring (bicyclic) bond motifs is 5. The molecule has 1 spiro atoms. The fourth-order valence-corrected chi connectivity index (χ4v) is 5.06. The van der Waals surface area contributed by atoms with E-state index in [9.17, 15) is 4.79 Å². The zero-order valence-corrected chi connectivity index (χ0v) is 15.0. The highest BCUT2D eigenvalue weighted by atomic mass is 16.2. The first-order valence-corrected chi connectivity index (χ1v) is 9.41. The van der Waals surface area contributed by atoms with Crippen LogP contribution in [0.2, 0.25) is 0 Å². The molecule has 0 unspecified atom stereocenters. The number of aryl methyl sites for hydroxylation is 1. The number of aromatic amines is 1. The van der Waals surface area contributed by atoms with Gasteiger partial charge in [-0.3, -0.25) is 9.48 Å². The molecule has 1 saturated carbocycles. The van der Waals surface area contributed by atoms with Crippen molar-refractivity contribution in [2.45, 2.75) is 31.1 Å². The Labute approximate surface area is 155 Å². The first-order chi connectivity index (χ1) is 13.2. The zero-order chi connectivity index (χ0) is 18.2. The highest BCUT2D eigenvalue weighted by Gasteiger charge is 2.50. The monoisotopic (exact) mass is 357 g/mol. The van der Waals surface area contributed by atoms with Gasteiger partial charge in [0.05, 0.1) is 29.0 Å². The SMILES string of the molecule is Cn1ncc2cc(-c3c[nH]c4ncc5c(c34)C3(CCCC3)C(=O)N5)ccc21. The molecule has 3 aromatic heterocycles. The minimum absolute atomic E-state index is 0.138. The summed E-state index contributed by atoms with van der Waals surface area (Å²) in [5, 5.41) is 9.63. The summed E-state index contributed by atoms with van der Waals surface area (Å²) in [6.45, 7) is 0. The minimum Gasteiger partial charge on any atom is -0.346 e. The number of nitrogens with zero attached hydrogens (tertiary/aromatic N) is 3. The number of hydrogen-bond donors (Lipinski definition) is 2. The summed E-state index contributed by atoms with van der Waals surface area (Å²) in [6.07, 6.45) is 9.72. The molecule has 6 rings (SSSR count). The standard InChI is InChI=1S/C21H19N5O/c1-26-16-5-4-12(8-13(16)9-24-26)14-10-22-19-17(14)18-15(11-23-19)25-20(27)21(18)6-2-3-7-21/h4-5,8-11H,2-3,6-7H2,1H3,(H,22,23)(H,25,27). The largest absolute Gasteiger partial charge is 0.346 e. The van der Waals surface area contributed by atoms with Crippen molar-refractivity contribution in [3.05, 3.63) is 42.4 Å². The van der Waals surface area contributed by atoms with Gasteiger partial charge in [0.25, 0.3) is 0 Å². The molecule has 2 aliphatic rings.